The van der Waals surface area contributed by atoms with E-state index in [-0.39, 0.29) is 33.8 Å². The molecule has 158 valence electrons. The number of carbonyl (C=O) groups is 2. The minimum atomic E-state index is -1.59. The smallest absolute Gasteiger partial charge is 0.229 e. The Morgan fingerprint density at radius 2 is 1.43 bits per heavy atom. The Kier molecular flexibility index (Phi) is 4.78. The average Bonchev–Trinajstić information content (AvgIpc) is 2.67. The van der Waals surface area contributed by atoms with Crippen LogP contribution in [0.4, 0.5) is 0 Å². The molecule has 5 N–H and O–H groups in total. The molecule has 0 bridgehead atoms. The number of aromatic hydroxyl groups is 2. The molecule has 2 aliphatic rings. The van der Waals surface area contributed by atoms with Gasteiger partial charge < -0.3 is 35.0 Å². The quantitative estimate of drug-likeness (QED) is 0.399. The molecule has 1 fully saturated rings. The lowest BCUT2D eigenvalue weighted by atomic mass is 9.82. The molecule has 5 atom stereocenters. The van der Waals surface area contributed by atoms with E-state index in [0.29, 0.717) is 5.56 Å². The van der Waals surface area contributed by atoms with E-state index in [2.05, 4.69) is 0 Å². The molecule has 2 aromatic rings. The Balaban J connectivity index is 1.73. The Bertz CT molecular complexity index is 1060. The number of phenols is 2. The summed E-state index contributed by atoms with van der Waals surface area (Å²) in [5, 5.41) is 50.4. The van der Waals surface area contributed by atoms with Crippen LogP contribution >= 0.6 is 0 Å². The van der Waals surface area contributed by atoms with Gasteiger partial charge in [-0.25, -0.2) is 0 Å². The fourth-order valence-corrected chi connectivity index (χ4v) is 3.79. The van der Waals surface area contributed by atoms with Crippen LogP contribution in [0.15, 0.2) is 24.3 Å². The second-order valence-electron chi connectivity index (χ2n) is 7.53. The van der Waals surface area contributed by atoms with E-state index in [0.717, 1.165) is 6.07 Å². The first kappa shape index (κ1) is 20.3. The standard InChI is InChI=1S/C21H20O9/c1-7-3-10-14(12(22)4-7)18(26)15-11(17(10)25)5-9(6-13(15)23)30-21-20(28)19(27)16(24)8(2)29-21/h3-6,8,16,19-24,27-28H,1-2H3/t8-,16-,19+,20+,21-/m0/s1. The van der Waals surface area contributed by atoms with Gasteiger partial charge >= 0.3 is 0 Å². The number of aryl methyl sites for hydroxylation is 1. The van der Waals surface area contributed by atoms with Crippen LogP contribution in [0.3, 0.4) is 0 Å². The maximum absolute atomic E-state index is 13.0. The molecule has 9 nitrogen and oxygen atoms in total. The molecule has 0 amide bonds. The summed E-state index contributed by atoms with van der Waals surface area (Å²) in [6.45, 7) is 3.14. The molecule has 0 aromatic heterocycles. The minimum absolute atomic E-state index is 0.00247. The van der Waals surface area contributed by atoms with Gasteiger partial charge in [-0.2, -0.15) is 0 Å². The molecule has 0 radical (unpaired) electrons. The van der Waals surface area contributed by atoms with Crippen LogP contribution in [-0.4, -0.2) is 67.8 Å². The van der Waals surface area contributed by atoms with Crippen LogP contribution in [0.1, 0.15) is 44.3 Å². The van der Waals surface area contributed by atoms with Crippen molar-refractivity contribution in [1.29, 1.82) is 0 Å². The van der Waals surface area contributed by atoms with E-state index in [1.807, 2.05) is 0 Å². The number of ketones is 2. The summed E-state index contributed by atoms with van der Waals surface area (Å²) in [4.78, 5) is 25.8. The third kappa shape index (κ3) is 3.03. The van der Waals surface area contributed by atoms with E-state index in [1.165, 1.54) is 25.1 Å². The van der Waals surface area contributed by atoms with Gasteiger partial charge in [-0.1, -0.05) is 0 Å². The normalized spacial score (nSPS) is 28.1. The SMILES string of the molecule is Cc1cc(O)c2c(c1)C(=O)c1cc(O[C@@H]3O[C@@H](C)[C@H](O)[C@@H](O)[C@H]3O)cc(O)c1C2=O. The summed E-state index contributed by atoms with van der Waals surface area (Å²) in [6.07, 6.45) is -6.66. The second-order valence-corrected chi connectivity index (χ2v) is 7.53. The van der Waals surface area contributed by atoms with Crippen molar-refractivity contribution in [2.24, 2.45) is 0 Å². The number of ether oxygens (including phenoxy) is 2. The largest absolute Gasteiger partial charge is 0.507 e. The zero-order chi connectivity index (χ0) is 21.9. The topological polar surface area (TPSA) is 154 Å². The number of fused-ring (bicyclic) bond motifs is 2. The van der Waals surface area contributed by atoms with E-state index in [9.17, 15) is 35.1 Å². The minimum Gasteiger partial charge on any atom is -0.507 e. The van der Waals surface area contributed by atoms with Gasteiger partial charge in [0.1, 0.15) is 35.6 Å². The van der Waals surface area contributed by atoms with Crippen molar-refractivity contribution < 1.29 is 44.6 Å². The van der Waals surface area contributed by atoms with Crippen LogP contribution in [-0.2, 0) is 4.74 Å². The Morgan fingerprint density at radius 1 is 0.833 bits per heavy atom. The number of hydrogen-bond donors (Lipinski definition) is 5. The summed E-state index contributed by atoms with van der Waals surface area (Å²) in [7, 11) is 0. The molecule has 2 aromatic carbocycles. The molecule has 1 heterocycles. The third-order valence-corrected chi connectivity index (χ3v) is 5.36. The first-order chi connectivity index (χ1) is 14.1. The summed E-state index contributed by atoms with van der Waals surface area (Å²) in [6, 6.07) is 5.11. The first-order valence-electron chi connectivity index (χ1n) is 9.26. The molecular weight excluding hydrogens is 396 g/mol. The highest BCUT2D eigenvalue weighted by atomic mass is 16.7. The van der Waals surface area contributed by atoms with Gasteiger partial charge in [0.05, 0.1) is 17.2 Å². The molecule has 0 spiro atoms. The molecule has 0 unspecified atom stereocenters. The number of aliphatic hydroxyl groups is 3. The molecule has 30 heavy (non-hydrogen) atoms. The summed E-state index contributed by atoms with van der Waals surface area (Å²) < 4.78 is 10.9. The lowest BCUT2D eigenvalue weighted by molar-refractivity contribution is -0.268. The van der Waals surface area contributed by atoms with Gasteiger partial charge in [-0.15, -0.1) is 0 Å². The van der Waals surface area contributed by atoms with Gasteiger partial charge in [-0.05, 0) is 37.6 Å². The highest BCUT2D eigenvalue weighted by molar-refractivity contribution is 6.30. The van der Waals surface area contributed by atoms with Crippen LogP contribution in [0.5, 0.6) is 17.2 Å². The second kappa shape index (κ2) is 7.06. The zero-order valence-corrected chi connectivity index (χ0v) is 16.1. The zero-order valence-electron chi connectivity index (χ0n) is 16.1. The molecule has 4 rings (SSSR count). The van der Waals surface area contributed by atoms with Crippen molar-refractivity contribution in [3.8, 4) is 17.2 Å². The van der Waals surface area contributed by atoms with Crippen molar-refractivity contribution in [2.75, 3.05) is 0 Å². The van der Waals surface area contributed by atoms with Crippen LogP contribution < -0.4 is 4.74 Å². The lowest BCUT2D eigenvalue weighted by Gasteiger charge is -2.39. The monoisotopic (exact) mass is 416 g/mol. The predicted molar refractivity (Wildman–Crippen MR) is 101 cm³/mol. The maximum Gasteiger partial charge on any atom is 0.229 e. The van der Waals surface area contributed by atoms with Gasteiger partial charge in [0.15, 0.2) is 5.78 Å². The fourth-order valence-electron chi connectivity index (χ4n) is 3.79. The molecular formula is C21H20O9. The van der Waals surface area contributed by atoms with Crippen LogP contribution in [0.2, 0.25) is 0 Å². The molecule has 1 aliphatic carbocycles. The van der Waals surface area contributed by atoms with E-state index < -0.39 is 48.0 Å². The van der Waals surface area contributed by atoms with Gasteiger partial charge in [0, 0.05) is 17.2 Å². The number of hydrogen-bond acceptors (Lipinski definition) is 9. The van der Waals surface area contributed by atoms with Gasteiger partial charge in [-0.3, -0.25) is 9.59 Å². The van der Waals surface area contributed by atoms with Crippen molar-refractivity contribution in [1.82, 2.24) is 0 Å². The molecule has 9 heteroatoms. The Labute approximate surface area is 170 Å². The van der Waals surface area contributed by atoms with Crippen molar-refractivity contribution >= 4 is 11.6 Å². The van der Waals surface area contributed by atoms with Crippen molar-refractivity contribution in [2.45, 2.75) is 44.6 Å². The molecule has 1 aliphatic heterocycles. The van der Waals surface area contributed by atoms with Crippen LogP contribution in [0.25, 0.3) is 0 Å². The number of benzene rings is 2. The summed E-state index contributed by atoms with van der Waals surface area (Å²) in [5.41, 5.74) is -0.00573. The van der Waals surface area contributed by atoms with Crippen LogP contribution in [0, 0.1) is 6.92 Å². The van der Waals surface area contributed by atoms with E-state index >= 15 is 0 Å². The van der Waals surface area contributed by atoms with Crippen molar-refractivity contribution in [3.63, 3.8) is 0 Å². The number of phenolic OH excluding ortho intramolecular Hbond substituents is 2. The first-order valence-corrected chi connectivity index (χ1v) is 9.26. The number of rotatable bonds is 2. The van der Waals surface area contributed by atoms with E-state index in [4.69, 9.17) is 9.47 Å². The molecule has 1 saturated heterocycles. The average molecular weight is 416 g/mol. The predicted octanol–water partition coefficient (Wildman–Crippen LogP) is 0.388. The maximum atomic E-state index is 13.0. The highest BCUT2D eigenvalue weighted by Gasteiger charge is 2.43. The Hall–Kier alpha value is -2.98. The van der Waals surface area contributed by atoms with Gasteiger partial charge in [0.2, 0.25) is 12.1 Å². The highest BCUT2D eigenvalue weighted by Crippen LogP contribution is 2.40. The lowest BCUT2D eigenvalue weighted by Crippen LogP contribution is -2.58. The third-order valence-electron chi connectivity index (χ3n) is 5.36. The summed E-state index contributed by atoms with van der Waals surface area (Å²) in [5.74, 6) is -2.29. The fraction of sp³-hybridized carbons (Fsp3) is 0.333. The van der Waals surface area contributed by atoms with E-state index in [1.54, 1.807) is 6.92 Å². The summed E-state index contributed by atoms with van der Waals surface area (Å²) >= 11 is 0. The number of carbonyl (C=O) groups excluding carboxylic acids is 2. The van der Waals surface area contributed by atoms with Crippen molar-refractivity contribution in [3.05, 3.63) is 52.1 Å². The van der Waals surface area contributed by atoms with Gasteiger partial charge in [0.25, 0.3) is 0 Å². The number of aliphatic hydroxyl groups excluding tert-OH is 3. The Morgan fingerprint density at radius 3 is 2.10 bits per heavy atom. The molecule has 0 saturated carbocycles.